The van der Waals surface area contributed by atoms with Crippen molar-refractivity contribution in [2.75, 3.05) is 33.3 Å². The lowest BCUT2D eigenvalue weighted by atomic mass is 10.1. The highest BCUT2D eigenvalue weighted by molar-refractivity contribution is 6.00. The number of carbonyl (C=O) groups excluding carboxylic acids is 2. The second kappa shape index (κ2) is 6.76. The Morgan fingerprint density at radius 3 is 2.57 bits per heavy atom. The monoisotopic (exact) mass is 293 g/mol. The zero-order valence-electron chi connectivity index (χ0n) is 12.9. The Hall–Kier alpha value is -1.82. The third kappa shape index (κ3) is 3.44. The minimum atomic E-state index is -0.419. The number of hydrogen-bond donors (Lipinski definition) is 2. The van der Waals surface area contributed by atoms with Gasteiger partial charge in [-0.25, -0.2) is 4.79 Å². The first-order valence-corrected chi connectivity index (χ1v) is 7.32. The van der Waals surface area contributed by atoms with Crippen LogP contribution in [0.1, 0.15) is 44.9 Å². The van der Waals surface area contributed by atoms with Gasteiger partial charge >= 0.3 is 5.97 Å². The van der Waals surface area contributed by atoms with E-state index in [0.29, 0.717) is 29.1 Å². The van der Waals surface area contributed by atoms with Crippen molar-refractivity contribution in [1.82, 2.24) is 15.2 Å². The van der Waals surface area contributed by atoms with Crippen molar-refractivity contribution >= 4 is 11.9 Å². The maximum atomic E-state index is 12.2. The van der Waals surface area contributed by atoms with Crippen LogP contribution in [0.2, 0.25) is 0 Å². The normalized spacial score (nSPS) is 15.2. The topological polar surface area (TPSA) is 74.4 Å². The van der Waals surface area contributed by atoms with Crippen molar-refractivity contribution < 1.29 is 14.3 Å². The Bertz CT molecular complexity index is 531. The van der Waals surface area contributed by atoms with E-state index < -0.39 is 5.97 Å². The van der Waals surface area contributed by atoms with Gasteiger partial charge in [0, 0.05) is 18.8 Å². The van der Waals surface area contributed by atoms with Crippen molar-refractivity contribution in [3.63, 3.8) is 0 Å². The summed E-state index contributed by atoms with van der Waals surface area (Å²) >= 11 is 0. The van der Waals surface area contributed by atoms with Gasteiger partial charge in [-0.3, -0.25) is 4.79 Å². The van der Waals surface area contributed by atoms with Crippen LogP contribution in [0.25, 0.3) is 0 Å². The fourth-order valence-electron chi connectivity index (χ4n) is 2.81. The van der Waals surface area contributed by atoms with E-state index in [9.17, 15) is 9.59 Å². The van der Waals surface area contributed by atoms with E-state index in [1.54, 1.807) is 13.8 Å². The molecule has 1 aromatic rings. The molecular weight excluding hydrogens is 270 g/mol. The molecule has 1 aromatic heterocycles. The zero-order chi connectivity index (χ0) is 15.4. The first-order chi connectivity index (χ1) is 10.0. The van der Waals surface area contributed by atoms with Crippen LogP contribution >= 0.6 is 0 Å². The predicted molar refractivity (Wildman–Crippen MR) is 79.6 cm³/mol. The van der Waals surface area contributed by atoms with E-state index in [-0.39, 0.29) is 5.91 Å². The van der Waals surface area contributed by atoms with Crippen LogP contribution in [0.5, 0.6) is 0 Å². The minimum absolute atomic E-state index is 0.176. The van der Waals surface area contributed by atoms with Gasteiger partial charge in [0.1, 0.15) is 5.69 Å². The molecule has 0 unspecified atom stereocenters. The van der Waals surface area contributed by atoms with Gasteiger partial charge in [0.25, 0.3) is 5.91 Å². The molecule has 0 aliphatic carbocycles. The Labute approximate surface area is 124 Å². The summed E-state index contributed by atoms with van der Waals surface area (Å²) in [6.07, 6.45) is 2.48. The van der Waals surface area contributed by atoms with Gasteiger partial charge in [-0.2, -0.15) is 0 Å². The fourth-order valence-corrected chi connectivity index (χ4v) is 2.81. The molecule has 21 heavy (non-hydrogen) atoms. The van der Waals surface area contributed by atoms with Crippen LogP contribution < -0.4 is 5.32 Å². The zero-order valence-corrected chi connectivity index (χ0v) is 12.9. The second-order valence-corrected chi connectivity index (χ2v) is 5.42. The number of methoxy groups -OCH3 is 1. The quantitative estimate of drug-likeness (QED) is 0.801. The molecule has 0 radical (unpaired) electrons. The summed E-state index contributed by atoms with van der Waals surface area (Å²) in [5.41, 5.74) is 2.18. The van der Waals surface area contributed by atoms with Gasteiger partial charge in [-0.15, -0.1) is 0 Å². The Morgan fingerprint density at radius 2 is 1.95 bits per heavy atom. The highest BCUT2D eigenvalue weighted by Gasteiger charge is 2.22. The summed E-state index contributed by atoms with van der Waals surface area (Å²) in [5, 5.41) is 2.90. The number of rotatable bonds is 5. The van der Waals surface area contributed by atoms with Crippen molar-refractivity contribution in [2.24, 2.45) is 0 Å². The number of likely N-dealkylation sites (tertiary alicyclic amines) is 1. The number of esters is 1. The lowest BCUT2D eigenvalue weighted by molar-refractivity contribution is 0.0599. The minimum Gasteiger partial charge on any atom is -0.465 e. The number of aromatic amines is 1. The van der Waals surface area contributed by atoms with Gasteiger partial charge < -0.3 is 19.9 Å². The van der Waals surface area contributed by atoms with Crippen molar-refractivity contribution in [3.8, 4) is 0 Å². The van der Waals surface area contributed by atoms with Crippen LogP contribution in [0.4, 0.5) is 0 Å². The highest BCUT2D eigenvalue weighted by Crippen LogP contribution is 2.18. The highest BCUT2D eigenvalue weighted by atomic mass is 16.5. The van der Waals surface area contributed by atoms with Crippen LogP contribution in [-0.2, 0) is 4.74 Å². The van der Waals surface area contributed by atoms with E-state index in [0.717, 1.165) is 19.6 Å². The molecule has 1 amide bonds. The molecule has 6 nitrogen and oxygen atoms in total. The molecule has 1 fully saturated rings. The third-order valence-corrected chi connectivity index (χ3v) is 3.97. The molecule has 116 valence electrons. The van der Waals surface area contributed by atoms with Crippen molar-refractivity contribution in [3.05, 3.63) is 22.5 Å². The van der Waals surface area contributed by atoms with E-state index in [4.69, 9.17) is 4.74 Å². The number of nitrogens with zero attached hydrogens (tertiary/aromatic N) is 1. The summed E-state index contributed by atoms with van der Waals surface area (Å²) in [4.78, 5) is 29.2. The number of aryl methyl sites for hydroxylation is 1. The Kier molecular flexibility index (Phi) is 5.01. The number of nitrogens with one attached hydrogen (secondary N) is 2. The van der Waals surface area contributed by atoms with E-state index in [1.165, 1.54) is 20.0 Å². The SMILES string of the molecule is COC(=O)c1c(C)[nH]c(C(=O)NCCN2CCCC2)c1C. The molecule has 2 heterocycles. The molecular formula is C15H23N3O3. The number of hydrogen-bond acceptors (Lipinski definition) is 4. The maximum Gasteiger partial charge on any atom is 0.339 e. The summed E-state index contributed by atoms with van der Waals surface area (Å²) < 4.78 is 4.74. The lowest BCUT2D eigenvalue weighted by Gasteiger charge is -2.14. The summed E-state index contributed by atoms with van der Waals surface area (Å²) in [5.74, 6) is -0.595. The molecule has 0 aromatic carbocycles. The van der Waals surface area contributed by atoms with Crippen molar-refractivity contribution in [2.45, 2.75) is 26.7 Å². The van der Waals surface area contributed by atoms with Gasteiger partial charge in [0.15, 0.2) is 0 Å². The van der Waals surface area contributed by atoms with Crippen LogP contribution in [0.3, 0.4) is 0 Å². The Balaban J connectivity index is 1.97. The van der Waals surface area contributed by atoms with Gasteiger partial charge in [-0.1, -0.05) is 0 Å². The van der Waals surface area contributed by atoms with Gasteiger partial charge in [0.05, 0.1) is 12.7 Å². The van der Waals surface area contributed by atoms with E-state index >= 15 is 0 Å². The predicted octanol–water partition coefficient (Wildman–Crippen LogP) is 1.24. The average Bonchev–Trinajstić information content (AvgIpc) is 3.06. The van der Waals surface area contributed by atoms with Crippen molar-refractivity contribution in [1.29, 1.82) is 0 Å². The molecule has 1 saturated heterocycles. The number of aromatic nitrogens is 1. The van der Waals surface area contributed by atoms with Crippen LogP contribution in [-0.4, -0.2) is 55.0 Å². The average molecular weight is 293 g/mol. The summed E-state index contributed by atoms with van der Waals surface area (Å²) in [7, 11) is 1.34. The Morgan fingerprint density at radius 1 is 1.29 bits per heavy atom. The van der Waals surface area contributed by atoms with Crippen LogP contribution in [0, 0.1) is 13.8 Å². The molecule has 6 heteroatoms. The van der Waals surface area contributed by atoms with Gasteiger partial charge in [0.2, 0.25) is 0 Å². The largest absolute Gasteiger partial charge is 0.465 e. The molecule has 0 saturated carbocycles. The molecule has 2 rings (SSSR count). The van der Waals surface area contributed by atoms with E-state index in [2.05, 4.69) is 15.2 Å². The number of H-pyrrole nitrogens is 1. The number of carbonyl (C=O) groups is 2. The maximum absolute atomic E-state index is 12.2. The van der Waals surface area contributed by atoms with Crippen LogP contribution in [0.15, 0.2) is 0 Å². The first-order valence-electron chi connectivity index (χ1n) is 7.32. The molecule has 2 N–H and O–H groups in total. The second-order valence-electron chi connectivity index (χ2n) is 5.42. The smallest absolute Gasteiger partial charge is 0.339 e. The molecule has 1 aliphatic heterocycles. The molecule has 0 bridgehead atoms. The first kappa shape index (κ1) is 15.6. The standard InChI is InChI=1S/C15H23N3O3/c1-10-12(15(20)21-3)11(2)17-13(10)14(19)16-6-9-18-7-4-5-8-18/h17H,4-9H2,1-3H3,(H,16,19). The molecule has 0 atom stereocenters. The summed E-state index contributed by atoms with van der Waals surface area (Å²) in [6.45, 7) is 7.23. The molecule has 1 aliphatic rings. The summed E-state index contributed by atoms with van der Waals surface area (Å²) in [6, 6.07) is 0. The number of ether oxygens (including phenoxy) is 1. The van der Waals surface area contributed by atoms with E-state index in [1.807, 2.05) is 0 Å². The number of amides is 1. The third-order valence-electron chi connectivity index (χ3n) is 3.97. The fraction of sp³-hybridized carbons (Fsp3) is 0.600. The lowest BCUT2D eigenvalue weighted by Crippen LogP contribution is -2.33. The molecule has 0 spiro atoms. The van der Waals surface area contributed by atoms with Gasteiger partial charge in [-0.05, 0) is 45.3 Å².